The lowest BCUT2D eigenvalue weighted by Crippen LogP contribution is -2.29. The van der Waals surface area contributed by atoms with Crippen molar-refractivity contribution in [3.8, 4) is 11.4 Å². The Bertz CT molecular complexity index is 749. The molecule has 1 unspecified atom stereocenters. The van der Waals surface area contributed by atoms with Crippen LogP contribution in [0, 0.1) is 12.8 Å². The number of aryl methyl sites for hydroxylation is 1. The number of hydrogen-bond donors (Lipinski definition) is 0. The lowest BCUT2D eigenvalue weighted by Gasteiger charge is -2.20. The van der Waals surface area contributed by atoms with Crippen molar-refractivity contribution in [3.05, 3.63) is 36.4 Å². The van der Waals surface area contributed by atoms with Crippen LogP contribution in [-0.4, -0.2) is 38.4 Å². The molecule has 2 aromatic heterocycles. The second-order valence-electron chi connectivity index (χ2n) is 7.80. The maximum Gasteiger partial charge on any atom is 0.222 e. The first-order valence-electron chi connectivity index (χ1n) is 9.94. The van der Waals surface area contributed by atoms with Gasteiger partial charge in [0.1, 0.15) is 5.82 Å². The van der Waals surface area contributed by atoms with Gasteiger partial charge in [0.15, 0.2) is 0 Å². The molecular weight excluding hydrogens is 324 g/mol. The van der Waals surface area contributed by atoms with Crippen LogP contribution < -0.4 is 0 Å². The molecule has 2 aromatic rings. The summed E-state index contributed by atoms with van der Waals surface area (Å²) in [6, 6.07) is 4.31. The van der Waals surface area contributed by atoms with E-state index in [1.54, 1.807) is 12.4 Å². The van der Waals surface area contributed by atoms with Crippen LogP contribution in [0.4, 0.5) is 0 Å². The largest absolute Gasteiger partial charge is 0.341 e. The first kappa shape index (κ1) is 17.3. The molecule has 138 valence electrons. The molecule has 0 bridgehead atoms. The van der Waals surface area contributed by atoms with Crippen LogP contribution in [-0.2, 0) is 4.79 Å². The van der Waals surface area contributed by atoms with Crippen LogP contribution in [0.5, 0.6) is 0 Å². The summed E-state index contributed by atoms with van der Waals surface area (Å²) in [6.07, 6.45) is 13.7. The van der Waals surface area contributed by atoms with Crippen LogP contribution in [0.3, 0.4) is 0 Å². The number of carbonyl (C=O) groups is 1. The molecular formula is C21H28N4O. The van der Waals surface area contributed by atoms with Crippen molar-refractivity contribution in [1.82, 2.24) is 19.4 Å². The predicted molar refractivity (Wildman–Crippen MR) is 102 cm³/mol. The van der Waals surface area contributed by atoms with E-state index in [4.69, 9.17) is 0 Å². The smallest absolute Gasteiger partial charge is 0.222 e. The monoisotopic (exact) mass is 352 g/mol. The molecule has 2 fully saturated rings. The third kappa shape index (κ3) is 3.53. The van der Waals surface area contributed by atoms with Crippen molar-refractivity contribution < 1.29 is 4.79 Å². The highest BCUT2D eigenvalue weighted by atomic mass is 16.2. The Morgan fingerprint density at radius 3 is 2.73 bits per heavy atom. The number of hydrogen-bond acceptors (Lipinski definition) is 3. The van der Waals surface area contributed by atoms with E-state index in [1.807, 2.05) is 18.3 Å². The molecule has 2 aliphatic rings. The minimum atomic E-state index is 0.316. The normalized spacial score (nSPS) is 20.8. The van der Waals surface area contributed by atoms with Gasteiger partial charge in [-0.1, -0.05) is 25.7 Å². The minimum Gasteiger partial charge on any atom is -0.341 e. The van der Waals surface area contributed by atoms with Crippen molar-refractivity contribution in [3.63, 3.8) is 0 Å². The quantitative estimate of drug-likeness (QED) is 0.817. The standard InChI is InChI=1S/C21H28N4O/c1-16-14-23-21(18-8-11-22-12-9-18)25(16)19-10-13-24(15-19)20(26)7-6-17-4-2-3-5-17/h8-9,11-12,14,17,19H,2-7,10,13,15H2,1H3. The zero-order chi connectivity index (χ0) is 17.9. The summed E-state index contributed by atoms with van der Waals surface area (Å²) >= 11 is 0. The van der Waals surface area contributed by atoms with Gasteiger partial charge in [0.05, 0.1) is 6.04 Å². The molecule has 26 heavy (non-hydrogen) atoms. The van der Waals surface area contributed by atoms with E-state index in [0.717, 1.165) is 55.4 Å². The molecule has 1 saturated heterocycles. The van der Waals surface area contributed by atoms with E-state index >= 15 is 0 Å². The van der Waals surface area contributed by atoms with Crippen molar-refractivity contribution >= 4 is 5.91 Å². The fourth-order valence-corrected chi connectivity index (χ4v) is 4.59. The molecule has 0 aromatic carbocycles. The van der Waals surface area contributed by atoms with Gasteiger partial charge in [0, 0.05) is 49.4 Å². The van der Waals surface area contributed by atoms with Gasteiger partial charge in [0.2, 0.25) is 5.91 Å². The molecule has 1 aliphatic heterocycles. The van der Waals surface area contributed by atoms with Crippen molar-refractivity contribution in [1.29, 1.82) is 0 Å². The zero-order valence-corrected chi connectivity index (χ0v) is 15.6. The zero-order valence-electron chi connectivity index (χ0n) is 15.6. The Balaban J connectivity index is 1.42. The fourth-order valence-electron chi connectivity index (χ4n) is 4.59. The number of pyridine rings is 1. The first-order chi connectivity index (χ1) is 12.7. The van der Waals surface area contributed by atoms with Crippen LogP contribution in [0.25, 0.3) is 11.4 Å². The van der Waals surface area contributed by atoms with Crippen molar-refractivity contribution in [2.75, 3.05) is 13.1 Å². The second-order valence-corrected chi connectivity index (χ2v) is 7.80. The summed E-state index contributed by atoms with van der Waals surface area (Å²) < 4.78 is 2.31. The predicted octanol–water partition coefficient (Wildman–Crippen LogP) is 4.00. The topological polar surface area (TPSA) is 51.0 Å². The van der Waals surface area contributed by atoms with Gasteiger partial charge < -0.3 is 9.47 Å². The SMILES string of the molecule is Cc1cnc(-c2ccncc2)n1C1CCN(C(=O)CCC2CCCC2)C1. The summed E-state index contributed by atoms with van der Waals surface area (Å²) in [5.41, 5.74) is 2.24. The average Bonchev–Trinajstić information content (AvgIpc) is 3.41. The molecule has 3 heterocycles. The Hall–Kier alpha value is -2.17. The van der Waals surface area contributed by atoms with Crippen LogP contribution in [0.2, 0.25) is 0 Å². The molecule has 0 N–H and O–H groups in total. The number of likely N-dealkylation sites (tertiary alicyclic amines) is 1. The number of rotatable bonds is 5. The number of imidazole rings is 1. The number of aromatic nitrogens is 3. The summed E-state index contributed by atoms with van der Waals surface area (Å²) in [6.45, 7) is 3.77. The number of nitrogens with zero attached hydrogens (tertiary/aromatic N) is 4. The van der Waals surface area contributed by atoms with Gasteiger partial charge in [-0.15, -0.1) is 0 Å². The Kier molecular flexibility index (Phi) is 5.05. The summed E-state index contributed by atoms with van der Waals surface area (Å²) in [4.78, 5) is 23.4. The lowest BCUT2D eigenvalue weighted by atomic mass is 10.0. The van der Waals surface area contributed by atoms with Crippen LogP contribution in [0.1, 0.15) is 56.7 Å². The Labute approximate surface area is 155 Å². The molecule has 1 atom stereocenters. The second kappa shape index (κ2) is 7.60. The van der Waals surface area contributed by atoms with Gasteiger partial charge in [-0.2, -0.15) is 0 Å². The molecule has 0 radical (unpaired) electrons. The van der Waals surface area contributed by atoms with Crippen LogP contribution >= 0.6 is 0 Å². The third-order valence-electron chi connectivity index (χ3n) is 6.04. The van der Waals surface area contributed by atoms with E-state index in [9.17, 15) is 4.79 Å². The summed E-state index contributed by atoms with van der Waals surface area (Å²) in [5, 5.41) is 0. The molecule has 1 amide bonds. The molecule has 5 heteroatoms. The molecule has 1 saturated carbocycles. The van der Waals surface area contributed by atoms with Gasteiger partial charge in [-0.25, -0.2) is 4.98 Å². The van der Waals surface area contributed by atoms with E-state index in [1.165, 1.54) is 25.7 Å². The van der Waals surface area contributed by atoms with E-state index < -0.39 is 0 Å². The van der Waals surface area contributed by atoms with Crippen molar-refractivity contribution in [2.45, 2.75) is 57.9 Å². The average molecular weight is 352 g/mol. The minimum absolute atomic E-state index is 0.316. The fraction of sp³-hybridized carbons (Fsp3) is 0.571. The van der Waals surface area contributed by atoms with E-state index in [2.05, 4.69) is 26.4 Å². The van der Waals surface area contributed by atoms with Crippen LogP contribution in [0.15, 0.2) is 30.7 Å². The molecule has 5 nitrogen and oxygen atoms in total. The Morgan fingerprint density at radius 1 is 1.19 bits per heavy atom. The van der Waals surface area contributed by atoms with Gasteiger partial charge in [-0.05, 0) is 37.8 Å². The highest BCUT2D eigenvalue weighted by Crippen LogP contribution is 2.31. The van der Waals surface area contributed by atoms with E-state index in [0.29, 0.717) is 11.9 Å². The molecule has 0 spiro atoms. The summed E-state index contributed by atoms with van der Waals surface area (Å²) in [5.74, 6) is 2.10. The highest BCUT2D eigenvalue weighted by Gasteiger charge is 2.30. The molecule has 1 aliphatic carbocycles. The maximum atomic E-state index is 12.6. The highest BCUT2D eigenvalue weighted by molar-refractivity contribution is 5.76. The summed E-state index contributed by atoms with van der Waals surface area (Å²) in [7, 11) is 0. The van der Waals surface area contributed by atoms with Gasteiger partial charge >= 0.3 is 0 Å². The first-order valence-corrected chi connectivity index (χ1v) is 9.94. The van der Waals surface area contributed by atoms with Gasteiger partial charge in [0.25, 0.3) is 0 Å². The molecule has 4 rings (SSSR count). The number of carbonyl (C=O) groups excluding carboxylic acids is 1. The lowest BCUT2D eigenvalue weighted by molar-refractivity contribution is -0.130. The maximum absolute atomic E-state index is 12.6. The van der Waals surface area contributed by atoms with Crippen molar-refractivity contribution in [2.24, 2.45) is 5.92 Å². The van der Waals surface area contributed by atoms with Gasteiger partial charge in [-0.3, -0.25) is 9.78 Å². The number of amides is 1. The third-order valence-corrected chi connectivity index (χ3v) is 6.04. The Morgan fingerprint density at radius 2 is 1.96 bits per heavy atom. The van der Waals surface area contributed by atoms with E-state index in [-0.39, 0.29) is 0 Å².